The summed E-state index contributed by atoms with van der Waals surface area (Å²) in [5.41, 5.74) is 0.325. The van der Waals surface area contributed by atoms with Crippen molar-refractivity contribution in [2.24, 2.45) is 0 Å². The predicted octanol–water partition coefficient (Wildman–Crippen LogP) is 1.01. The number of benzene rings is 1. The van der Waals surface area contributed by atoms with E-state index in [9.17, 15) is 9.18 Å². The molecule has 1 unspecified atom stereocenters. The first kappa shape index (κ1) is 14.0. The molecule has 1 saturated heterocycles. The van der Waals surface area contributed by atoms with Gasteiger partial charge in [0.1, 0.15) is 5.82 Å². The smallest absolute Gasteiger partial charge is 0.254 e. The number of carbonyl (C=O) groups is 1. The van der Waals surface area contributed by atoms with E-state index in [0.29, 0.717) is 12.1 Å². The van der Waals surface area contributed by atoms with Crippen molar-refractivity contribution in [2.75, 3.05) is 26.2 Å². The molecule has 1 amide bonds. The van der Waals surface area contributed by atoms with Crippen molar-refractivity contribution >= 4 is 5.91 Å². The predicted molar refractivity (Wildman–Crippen MR) is 70.4 cm³/mol. The largest absolute Gasteiger partial charge is 0.395 e. The highest BCUT2D eigenvalue weighted by atomic mass is 19.1. The van der Waals surface area contributed by atoms with Crippen molar-refractivity contribution in [1.29, 1.82) is 0 Å². The molecule has 19 heavy (non-hydrogen) atoms. The molecule has 1 aliphatic rings. The summed E-state index contributed by atoms with van der Waals surface area (Å²) in [5.74, 6) is -0.656. The third kappa shape index (κ3) is 3.75. The molecular weight excluding hydrogens is 247 g/mol. The number of halogens is 1. The van der Waals surface area contributed by atoms with Gasteiger partial charge in [-0.05, 0) is 37.6 Å². The fourth-order valence-corrected chi connectivity index (χ4v) is 2.38. The summed E-state index contributed by atoms with van der Waals surface area (Å²) in [6, 6.07) is 5.93. The normalized spacial score (nSPS) is 18.5. The molecule has 1 aromatic rings. The molecule has 0 bridgehead atoms. The number of hydrogen-bond acceptors (Lipinski definition) is 3. The molecule has 0 radical (unpaired) electrons. The number of amides is 1. The lowest BCUT2D eigenvalue weighted by Crippen LogP contribution is -2.42. The Morgan fingerprint density at radius 1 is 1.53 bits per heavy atom. The molecule has 2 N–H and O–H groups in total. The van der Waals surface area contributed by atoms with Crippen LogP contribution in [-0.2, 0) is 0 Å². The summed E-state index contributed by atoms with van der Waals surface area (Å²) in [7, 11) is 0. The molecule has 5 heteroatoms. The van der Waals surface area contributed by atoms with Crippen LogP contribution in [0, 0.1) is 5.82 Å². The minimum atomic E-state index is -0.422. The van der Waals surface area contributed by atoms with Crippen LogP contribution in [0.15, 0.2) is 24.3 Å². The summed E-state index contributed by atoms with van der Waals surface area (Å²) in [6.45, 7) is 1.70. The van der Waals surface area contributed by atoms with Crippen LogP contribution in [0.2, 0.25) is 0 Å². The molecule has 4 nitrogen and oxygen atoms in total. The van der Waals surface area contributed by atoms with Crippen LogP contribution in [0.4, 0.5) is 4.39 Å². The van der Waals surface area contributed by atoms with Gasteiger partial charge in [-0.1, -0.05) is 6.07 Å². The second-order valence-electron chi connectivity index (χ2n) is 4.78. The number of aliphatic hydroxyl groups excluding tert-OH is 1. The van der Waals surface area contributed by atoms with Gasteiger partial charge < -0.3 is 15.3 Å². The first-order valence-corrected chi connectivity index (χ1v) is 6.60. The Labute approximate surface area is 112 Å². The Kier molecular flexibility index (Phi) is 4.87. The Hall–Kier alpha value is -1.46. The SMILES string of the molecule is O=C(c1cccc(F)c1)N(CCO)CC1CCCN1. The molecule has 0 aromatic heterocycles. The van der Waals surface area contributed by atoms with Crippen LogP contribution in [-0.4, -0.2) is 48.2 Å². The second kappa shape index (κ2) is 6.63. The molecule has 1 aliphatic heterocycles. The van der Waals surface area contributed by atoms with Gasteiger partial charge in [0.2, 0.25) is 0 Å². The van der Waals surface area contributed by atoms with Gasteiger partial charge >= 0.3 is 0 Å². The average molecular weight is 266 g/mol. The van der Waals surface area contributed by atoms with Crippen molar-refractivity contribution in [1.82, 2.24) is 10.2 Å². The van der Waals surface area contributed by atoms with Crippen molar-refractivity contribution in [3.05, 3.63) is 35.6 Å². The molecule has 0 saturated carbocycles. The molecule has 1 heterocycles. The van der Waals surface area contributed by atoms with E-state index in [2.05, 4.69) is 5.32 Å². The summed E-state index contributed by atoms with van der Waals surface area (Å²) in [6.07, 6.45) is 2.13. The summed E-state index contributed by atoms with van der Waals surface area (Å²) in [4.78, 5) is 13.9. The first-order valence-electron chi connectivity index (χ1n) is 6.60. The van der Waals surface area contributed by atoms with E-state index in [1.54, 1.807) is 11.0 Å². The molecule has 1 atom stereocenters. The van der Waals surface area contributed by atoms with Crippen molar-refractivity contribution < 1.29 is 14.3 Å². The van der Waals surface area contributed by atoms with E-state index < -0.39 is 5.82 Å². The summed E-state index contributed by atoms with van der Waals surface area (Å²) < 4.78 is 13.1. The zero-order chi connectivity index (χ0) is 13.7. The Bertz CT molecular complexity index is 433. The van der Waals surface area contributed by atoms with Gasteiger partial charge in [0.25, 0.3) is 5.91 Å². The first-order chi connectivity index (χ1) is 9.20. The monoisotopic (exact) mass is 266 g/mol. The van der Waals surface area contributed by atoms with Gasteiger partial charge in [-0.25, -0.2) is 4.39 Å². The number of rotatable bonds is 5. The number of aliphatic hydroxyl groups is 1. The highest BCUT2D eigenvalue weighted by Gasteiger charge is 2.22. The third-order valence-electron chi connectivity index (χ3n) is 3.33. The molecule has 0 aliphatic carbocycles. The standard InChI is InChI=1S/C14H19FN2O2/c15-12-4-1-3-11(9-12)14(19)17(7-8-18)10-13-5-2-6-16-13/h1,3-4,9,13,16,18H,2,5-8,10H2. The zero-order valence-corrected chi connectivity index (χ0v) is 10.8. The fourth-order valence-electron chi connectivity index (χ4n) is 2.38. The van der Waals surface area contributed by atoms with Crippen LogP contribution in [0.3, 0.4) is 0 Å². The number of nitrogens with one attached hydrogen (secondary N) is 1. The number of hydrogen-bond donors (Lipinski definition) is 2. The lowest BCUT2D eigenvalue weighted by molar-refractivity contribution is 0.0706. The summed E-state index contributed by atoms with van der Waals surface area (Å²) in [5, 5.41) is 12.4. The highest BCUT2D eigenvalue weighted by molar-refractivity contribution is 5.94. The van der Waals surface area contributed by atoms with E-state index in [0.717, 1.165) is 19.4 Å². The van der Waals surface area contributed by atoms with Gasteiger partial charge in [0.05, 0.1) is 6.61 Å². The van der Waals surface area contributed by atoms with Gasteiger partial charge in [0.15, 0.2) is 0 Å². The van der Waals surface area contributed by atoms with E-state index >= 15 is 0 Å². The Morgan fingerprint density at radius 3 is 3.00 bits per heavy atom. The number of nitrogens with zero attached hydrogens (tertiary/aromatic N) is 1. The minimum Gasteiger partial charge on any atom is -0.395 e. The van der Waals surface area contributed by atoms with Crippen LogP contribution in [0.1, 0.15) is 23.2 Å². The zero-order valence-electron chi connectivity index (χ0n) is 10.8. The lowest BCUT2D eigenvalue weighted by Gasteiger charge is -2.25. The number of carbonyl (C=O) groups excluding carboxylic acids is 1. The Balaban J connectivity index is 2.06. The minimum absolute atomic E-state index is 0.0895. The fraction of sp³-hybridized carbons (Fsp3) is 0.500. The highest BCUT2D eigenvalue weighted by Crippen LogP contribution is 2.11. The average Bonchev–Trinajstić information content (AvgIpc) is 2.90. The van der Waals surface area contributed by atoms with E-state index in [-0.39, 0.29) is 25.1 Å². The van der Waals surface area contributed by atoms with Gasteiger partial charge in [0, 0.05) is 24.7 Å². The van der Waals surface area contributed by atoms with Gasteiger partial charge in [-0.15, -0.1) is 0 Å². The second-order valence-corrected chi connectivity index (χ2v) is 4.78. The van der Waals surface area contributed by atoms with Crippen LogP contribution in [0.5, 0.6) is 0 Å². The van der Waals surface area contributed by atoms with Crippen molar-refractivity contribution in [3.63, 3.8) is 0 Å². The van der Waals surface area contributed by atoms with Crippen LogP contribution in [0.25, 0.3) is 0 Å². The van der Waals surface area contributed by atoms with Crippen LogP contribution >= 0.6 is 0 Å². The molecule has 1 aromatic carbocycles. The van der Waals surface area contributed by atoms with Gasteiger partial charge in [-0.2, -0.15) is 0 Å². The Morgan fingerprint density at radius 2 is 2.37 bits per heavy atom. The molecule has 2 rings (SSSR count). The van der Waals surface area contributed by atoms with Crippen molar-refractivity contribution in [3.8, 4) is 0 Å². The topological polar surface area (TPSA) is 52.6 Å². The molecule has 0 spiro atoms. The maximum atomic E-state index is 13.1. The van der Waals surface area contributed by atoms with E-state index in [4.69, 9.17) is 5.11 Å². The summed E-state index contributed by atoms with van der Waals surface area (Å²) >= 11 is 0. The van der Waals surface area contributed by atoms with Crippen molar-refractivity contribution in [2.45, 2.75) is 18.9 Å². The van der Waals surface area contributed by atoms with E-state index in [1.165, 1.54) is 18.2 Å². The molecule has 104 valence electrons. The maximum Gasteiger partial charge on any atom is 0.254 e. The van der Waals surface area contributed by atoms with Gasteiger partial charge in [-0.3, -0.25) is 4.79 Å². The third-order valence-corrected chi connectivity index (χ3v) is 3.33. The van der Waals surface area contributed by atoms with E-state index in [1.807, 2.05) is 0 Å². The van der Waals surface area contributed by atoms with Crippen LogP contribution < -0.4 is 5.32 Å². The quantitative estimate of drug-likeness (QED) is 0.836. The maximum absolute atomic E-state index is 13.1. The lowest BCUT2D eigenvalue weighted by atomic mass is 10.1. The molecular formula is C14H19FN2O2. The molecule has 1 fully saturated rings.